The van der Waals surface area contributed by atoms with E-state index in [1.54, 1.807) is 0 Å². The largest absolute Gasteiger partial charge is 0.360 e. The van der Waals surface area contributed by atoms with Crippen LogP contribution in [0.4, 0.5) is 11.5 Å². The van der Waals surface area contributed by atoms with Gasteiger partial charge in [-0.05, 0) is 43.2 Å². The Hall–Kier alpha value is -2.95. The van der Waals surface area contributed by atoms with Crippen LogP contribution in [0.2, 0.25) is 0 Å². The molecule has 0 radical (unpaired) electrons. The van der Waals surface area contributed by atoms with Crippen molar-refractivity contribution in [2.24, 2.45) is 0 Å². The first-order chi connectivity index (χ1) is 11.1. The Bertz CT molecular complexity index is 855. The van der Waals surface area contributed by atoms with E-state index >= 15 is 0 Å². The van der Waals surface area contributed by atoms with Crippen LogP contribution in [0.25, 0.3) is 10.9 Å². The van der Waals surface area contributed by atoms with Crippen molar-refractivity contribution in [3.05, 3.63) is 59.9 Å². The summed E-state index contributed by atoms with van der Waals surface area (Å²) in [7, 11) is 0. The molecule has 0 saturated heterocycles. The standard InChI is InChI=1S/C18H18N4O/c1-12-7-8-13(2)16(9-12)22-17(23)10-19-18-14-5-3-4-6-15(14)20-11-21-18/h3-9,11H,10H2,1-2H3,(H,22,23)(H,19,20,21). The first-order valence-corrected chi connectivity index (χ1v) is 7.44. The predicted molar refractivity (Wildman–Crippen MR) is 92.6 cm³/mol. The average molecular weight is 306 g/mol. The van der Waals surface area contributed by atoms with Crippen molar-refractivity contribution in [3.8, 4) is 0 Å². The Morgan fingerprint density at radius 3 is 2.78 bits per heavy atom. The maximum Gasteiger partial charge on any atom is 0.243 e. The molecule has 0 fully saturated rings. The van der Waals surface area contributed by atoms with Crippen molar-refractivity contribution in [1.82, 2.24) is 9.97 Å². The number of nitrogens with one attached hydrogen (secondary N) is 2. The van der Waals surface area contributed by atoms with Crippen LogP contribution >= 0.6 is 0 Å². The van der Waals surface area contributed by atoms with Crippen molar-refractivity contribution in [2.45, 2.75) is 13.8 Å². The Kier molecular flexibility index (Phi) is 4.19. The molecule has 5 heteroatoms. The number of amides is 1. The molecule has 0 bridgehead atoms. The molecule has 0 aliphatic rings. The number of para-hydroxylation sites is 1. The van der Waals surface area contributed by atoms with Crippen molar-refractivity contribution in [3.63, 3.8) is 0 Å². The van der Waals surface area contributed by atoms with Gasteiger partial charge in [0.05, 0.1) is 12.1 Å². The van der Waals surface area contributed by atoms with E-state index in [0.29, 0.717) is 5.82 Å². The van der Waals surface area contributed by atoms with Gasteiger partial charge < -0.3 is 10.6 Å². The molecule has 1 heterocycles. The van der Waals surface area contributed by atoms with Gasteiger partial charge in [0.25, 0.3) is 0 Å². The second-order valence-electron chi connectivity index (χ2n) is 5.46. The summed E-state index contributed by atoms with van der Waals surface area (Å²) in [5.74, 6) is 0.549. The van der Waals surface area contributed by atoms with Gasteiger partial charge in [0, 0.05) is 11.1 Å². The van der Waals surface area contributed by atoms with Gasteiger partial charge >= 0.3 is 0 Å². The lowest BCUT2D eigenvalue weighted by Crippen LogP contribution is -2.22. The monoisotopic (exact) mass is 306 g/mol. The van der Waals surface area contributed by atoms with Gasteiger partial charge in [-0.2, -0.15) is 0 Å². The predicted octanol–water partition coefficient (Wildman–Crippen LogP) is 3.30. The van der Waals surface area contributed by atoms with Crippen LogP contribution < -0.4 is 10.6 Å². The van der Waals surface area contributed by atoms with Gasteiger partial charge in [0.1, 0.15) is 12.1 Å². The molecule has 1 aromatic heterocycles. The van der Waals surface area contributed by atoms with Crippen LogP contribution in [0.5, 0.6) is 0 Å². The number of carbonyl (C=O) groups is 1. The smallest absolute Gasteiger partial charge is 0.243 e. The number of carbonyl (C=O) groups excluding carboxylic acids is 1. The number of benzene rings is 2. The first-order valence-electron chi connectivity index (χ1n) is 7.44. The number of hydrogen-bond acceptors (Lipinski definition) is 4. The quantitative estimate of drug-likeness (QED) is 0.776. The minimum Gasteiger partial charge on any atom is -0.360 e. The number of nitrogens with zero attached hydrogens (tertiary/aromatic N) is 2. The summed E-state index contributed by atoms with van der Waals surface area (Å²) in [6.07, 6.45) is 1.49. The summed E-state index contributed by atoms with van der Waals surface area (Å²) < 4.78 is 0. The normalized spacial score (nSPS) is 10.5. The zero-order valence-electron chi connectivity index (χ0n) is 13.1. The molecule has 0 saturated carbocycles. The summed E-state index contributed by atoms with van der Waals surface area (Å²) in [5.41, 5.74) is 3.83. The minimum atomic E-state index is -0.110. The van der Waals surface area contributed by atoms with Crippen LogP contribution in [0.3, 0.4) is 0 Å². The number of anilines is 2. The molecule has 2 aromatic carbocycles. The van der Waals surface area contributed by atoms with E-state index in [1.165, 1.54) is 6.33 Å². The summed E-state index contributed by atoms with van der Waals surface area (Å²) in [6, 6.07) is 13.7. The lowest BCUT2D eigenvalue weighted by Gasteiger charge is -2.11. The zero-order valence-corrected chi connectivity index (χ0v) is 13.1. The number of aromatic nitrogens is 2. The molecule has 0 unspecified atom stereocenters. The fourth-order valence-corrected chi connectivity index (χ4v) is 2.37. The van der Waals surface area contributed by atoms with Crippen molar-refractivity contribution in [1.29, 1.82) is 0 Å². The van der Waals surface area contributed by atoms with Gasteiger partial charge in [-0.15, -0.1) is 0 Å². The molecular weight excluding hydrogens is 288 g/mol. The number of hydrogen-bond donors (Lipinski definition) is 2. The van der Waals surface area contributed by atoms with Gasteiger partial charge in [-0.3, -0.25) is 4.79 Å². The summed E-state index contributed by atoms with van der Waals surface area (Å²) in [6.45, 7) is 4.12. The highest BCUT2D eigenvalue weighted by Crippen LogP contribution is 2.19. The van der Waals surface area contributed by atoms with E-state index in [-0.39, 0.29) is 12.5 Å². The fraction of sp³-hybridized carbons (Fsp3) is 0.167. The molecule has 23 heavy (non-hydrogen) atoms. The fourth-order valence-electron chi connectivity index (χ4n) is 2.37. The number of rotatable bonds is 4. The molecule has 3 aromatic rings. The molecule has 0 atom stereocenters. The first kappa shape index (κ1) is 15.0. The van der Waals surface area contributed by atoms with E-state index in [0.717, 1.165) is 27.7 Å². The summed E-state index contributed by atoms with van der Waals surface area (Å²) >= 11 is 0. The molecule has 116 valence electrons. The van der Waals surface area contributed by atoms with Crippen LogP contribution in [0, 0.1) is 13.8 Å². The van der Waals surface area contributed by atoms with E-state index in [4.69, 9.17) is 0 Å². The lowest BCUT2D eigenvalue weighted by molar-refractivity contribution is -0.114. The van der Waals surface area contributed by atoms with Crippen LogP contribution in [0.1, 0.15) is 11.1 Å². The highest BCUT2D eigenvalue weighted by Gasteiger charge is 2.07. The average Bonchev–Trinajstić information content (AvgIpc) is 2.56. The van der Waals surface area contributed by atoms with E-state index in [1.807, 2.05) is 56.3 Å². The van der Waals surface area contributed by atoms with E-state index in [9.17, 15) is 4.79 Å². The third-order valence-electron chi connectivity index (χ3n) is 3.63. The molecule has 1 amide bonds. The van der Waals surface area contributed by atoms with Crippen LogP contribution in [0.15, 0.2) is 48.8 Å². The SMILES string of the molecule is Cc1ccc(C)c(NC(=O)CNc2ncnc3ccccc23)c1. The maximum atomic E-state index is 12.2. The minimum absolute atomic E-state index is 0.110. The third-order valence-corrected chi connectivity index (χ3v) is 3.63. The Morgan fingerprint density at radius 2 is 1.91 bits per heavy atom. The highest BCUT2D eigenvalue weighted by atomic mass is 16.1. The third kappa shape index (κ3) is 3.45. The maximum absolute atomic E-state index is 12.2. The van der Waals surface area contributed by atoms with Crippen molar-refractivity contribution < 1.29 is 4.79 Å². The second-order valence-corrected chi connectivity index (χ2v) is 5.46. The van der Waals surface area contributed by atoms with Gasteiger partial charge in [0.2, 0.25) is 5.91 Å². The molecule has 2 N–H and O–H groups in total. The molecule has 0 spiro atoms. The number of fused-ring (bicyclic) bond motifs is 1. The van der Waals surface area contributed by atoms with E-state index < -0.39 is 0 Å². The lowest BCUT2D eigenvalue weighted by atomic mass is 10.1. The summed E-state index contributed by atoms with van der Waals surface area (Å²) in [4.78, 5) is 20.6. The van der Waals surface area contributed by atoms with Gasteiger partial charge in [-0.25, -0.2) is 9.97 Å². The number of aryl methyl sites for hydroxylation is 2. The molecule has 0 aliphatic heterocycles. The molecule has 0 aliphatic carbocycles. The second kappa shape index (κ2) is 6.44. The molecule has 5 nitrogen and oxygen atoms in total. The van der Waals surface area contributed by atoms with Crippen LogP contribution in [-0.2, 0) is 4.79 Å². The topological polar surface area (TPSA) is 66.9 Å². The van der Waals surface area contributed by atoms with Gasteiger partial charge in [0.15, 0.2) is 0 Å². The highest BCUT2D eigenvalue weighted by molar-refractivity contribution is 5.96. The van der Waals surface area contributed by atoms with Crippen molar-refractivity contribution in [2.75, 3.05) is 17.2 Å². The Morgan fingerprint density at radius 1 is 1.09 bits per heavy atom. The molecule has 3 rings (SSSR count). The summed E-state index contributed by atoms with van der Waals surface area (Å²) in [5, 5.41) is 6.90. The Labute approximate surface area is 134 Å². The van der Waals surface area contributed by atoms with Gasteiger partial charge in [-0.1, -0.05) is 24.3 Å². The Balaban J connectivity index is 1.70. The zero-order chi connectivity index (χ0) is 16.2. The van der Waals surface area contributed by atoms with Crippen molar-refractivity contribution >= 4 is 28.3 Å². The molecular formula is C18H18N4O. The van der Waals surface area contributed by atoms with Crippen LogP contribution in [-0.4, -0.2) is 22.4 Å². The van der Waals surface area contributed by atoms with E-state index in [2.05, 4.69) is 20.6 Å².